The SMILES string of the molecule is CC(O)CC(Br)c1ccccc1O. The zero-order chi connectivity index (χ0) is 9.84. The fraction of sp³-hybridized carbons (Fsp3) is 0.400. The standard InChI is InChI=1S/C10H13BrO2/c1-7(12)6-9(11)8-4-2-3-5-10(8)13/h2-5,7,9,12-13H,6H2,1H3. The fourth-order valence-corrected chi connectivity index (χ4v) is 2.11. The van der Waals surface area contributed by atoms with Crippen molar-refractivity contribution in [1.82, 2.24) is 0 Å². The van der Waals surface area contributed by atoms with E-state index in [-0.39, 0.29) is 16.7 Å². The quantitative estimate of drug-likeness (QED) is 0.803. The molecule has 1 aromatic rings. The lowest BCUT2D eigenvalue weighted by Crippen LogP contribution is -2.03. The summed E-state index contributed by atoms with van der Waals surface area (Å²) in [6.45, 7) is 1.73. The molecule has 0 fully saturated rings. The van der Waals surface area contributed by atoms with Crippen molar-refractivity contribution in [2.45, 2.75) is 24.3 Å². The van der Waals surface area contributed by atoms with Gasteiger partial charge in [-0.2, -0.15) is 0 Å². The third-order valence-electron chi connectivity index (χ3n) is 1.82. The molecule has 0 spiro atoms. The summed E-state index contributed by atoms with van der Waals surface area (Å²) in [6, 6.07) is 7.13. The van der Waals surface area contributed by atoms with Crippen LogP contribution in [0.4, 0.5) is 0 Å². The van der Waals surface area contributed by atoms with Gasteiger partial charge in [0.25, 0.3) is 0 Å². The van der Waals surface area contributed by atoms with Crippen LogP contribution in [0, 0.1) is 0 Å². The normalized spacial score (nSPS) is 15.3. The van der Waals surface area contributed by atoms with E-state index in [4.69, 9.17) is 5.11 Å². The van der Waals surface area contributed by atoms with Crippen molar-refractivity contribution in [2.24, 2.45) is 0 Å². The molecule has 2 unspecified atom stereocenters. The molecule has 0 radical (unpaired) electrons. The molecule has 0 saturated heterocycles. The van der Waals surface area contributed by atoms with Gasteiger partial charge in [0.2, 0.25) is 0 Å². The van der Waals surface area contributed by atoms with Gasteiger partial charge in [0.15, 0.2) is 0 Å². The Bertz CT molecular complexity index is 273. The molecule has 0 heterocycles. The first kappa shape index (κ1) is 10.5. The van der Waals surface area contributed by atoms with E-state index in [2.05, 4.69) is 15.9 Å². The van der Waals surface area contributed by atoms with Crippen LogP contribution in [0.5, 0.6) is 5.75 Å². The smallest absolute Gasteiger partial charge is 0.119 e. The average Bonchev–Trinajstić information content (AvgIpc) is 2.03. The van der Waals surface area contributed by atoms with Crippen LogP contribution in [0.2, 0.25) is 0 Å². The molecule has 2 atom stereocenters. The Kier molecular flexibility index (Phi) is 3.75. The summed E-state index contributed by atoms with van der Waals surface area (Å²) in [6.07, 6.45) is 0.224. The number of phenols is 1. The van der Waals surface area contributed by atoms with E-state index in [1.54, 1.807) is 19.1 Å². The lowest BCUT2D eigenvalue weighted by atomic mass is 10.1. The number of rotatable bonds is 3. The van der Waals surface area contributed by atoms with Crippen molar-refractivity contribution < 1.29 is 10.2 Å². The number of halogens is 1. The fourth-order valence-electron chi connectivity index (χ4n) is 1.18. The third kappa shape index (κ3) is 3.01. The van der Waals surface area contributed by atoms with Gasteiger partial charge in [-0.3, -0.25) is 0 Å². The molecule has 0 saturated carbocycles. The van der Waals surface area contributed by atoms with Gasteiger partial charge in [0.1, 0.15) is 5.75 Å². The summed E-state index contributed by atoms with van der Waals surface area (Å²) in [7, 11) is 0. The van der Waals surface area contributed by atoms with Crippen molar-refractivity contribution >= 4 is 15.9 Å². The van der Waals surface area contributed by atoms with Crippen LogP contribution in [-0.4, -0.2) is 16.3 Å². The molecule has 0 bridgehead atoms. The predicted octanol–water partition coefficient (Wildman–Crippen LogP) is 2.60. The molecule has 1 rings (SSSR count). The summed E-state index contributed by atoms with van der Waals surface area (Å²) >= 11 is 3.42. The molecule has 72 valence electrons. The first-order valence-electron chi connectivity index (χ1n) is 4.21. The Morgan fingerprint density at radius 1 is 1.38 bits per heavy atom. The second-order valence-electron chi connectivity index (χ2n) is 3.11. The van der Waals surface area contributed by atoms with Crippen molar-refractivity contribution in [1.29, 1.82) is 0 Å². The Labute approximate surface area is 86.3 Å². The molecule has 0 aliphatic heterocycles. The van der Waals surface area contributed by atoms with E-state index in [9.17, 15) is 5.11 Å². The van der Waals surface area contributed by atoms with Gasteiger partial charge >= 0.3 is 0 Å². The Balaban J connectivity index is 2.76. The number of phenolic OH excluding ortho intramolecular Hbond substituents is 1. The predicted molar refractivity (Wildman–Crippen MR) is 56.1 cm³/mol. The summed E-state index contributed by atoms with van der Waals surface area (Å²) in [5.41, 5.74) is 0.823. The second kappa shape index (κ2) is 4.63. The highest BCUT2D eigenvalue weighted by molar-refractivity contribution is 9.09. The minimum absolute atomic E-state index is 0.00806. The van der Waals surface area contributed by atoms with Crippen LogP contribution in [0.15, 0.2) is 24.3 Å². The van der Waals surface area contributed by atoms with E-state index in [1.807, 2.05) is 12.1 Å². The number of hydrogen-bond donors (Lipinski definition) is 2. The number of benzene rings is 1. The molecule has 2 nitrogen and oxygen atoms in total. The summed E-state index contributed by atoms with van der Waals surface area (Å²) in [5.74, 6) is 0.269. The summed E-state index contributed by atoms with van der Waals surface area (Å²) < 4.78 is 0. The van der Waals surface area contributed by atoms with E-state index >= 15 is 0 Å². The van der Waals surface area contributed by atoms with E-state index in [1.165, 1.54) is 0 Å². The van der Waals surface area contributed by atoms with Gasteiger partial charge in [-0.1, -0.05) is 34.1 Å². The minimum atomic E-state index is -0.371. The first-order chi connectivity index (χ1) is 6.11. The van der Waals surface area contributed by atoms with Gasteiger partial charge in [-0.15, -0.1) is 0 Å². The first-order valence-corrected chi connectivity index (χ1v) is 5.13. The highest BCUT2D eigenvalue weighted by Gasteiger charge is 2.13. The van der Waals surface area contributed by atoms with Crippen molar-refractivity contribution in [2.75, 3.05) is 0 Å². The largest absolute Gasteiger partial charge is 0.508 e. The third-order valence-corrected chi connectivity index (χ3v) is 2.69. The maximum Gasteiger partial charge on any atom is 0.119 e. The highest BCUT2D eigenvalue weighted by Crippen LogP contribution is 2.33. The molecule has 1 aromatic carbocycles. The van der Waals surface area contributed by atoms with Gasteiger partial charge in [0.05, 0.1) is 6.10 Å². The zero-order valence-corrected chi connectivity index (χ0v) is 9.03. The van der Waals surface area contributed by atoms with Gasteiger partial charge < -0.3 is 10.2 Å². The van der Waals surface area contributed by atoms with E-state index < -0.39 is 0 Å². The van der Waals surface area contributed by atoms with Crippen molar-refractivity contribution in [3.63, 3.8) is 0 Å². The molecular weight excluding hydrogens is 232 g/mol. The number of para-hydroxylation sites is 1. The maximum atomic E-state index is 9.48. The Morgan fingerprint density at radius 2 is 2.00 bits per heavy atom. The maximum absolute atomic E-state index is 9.48. The zero-order valence-electron chi connectivity index (χ0n) is 7.44. The highest BCUT2D eigenvalue weighted by atomic mass is 79.9. The molecule has 0 aromatic heterocycles. The van der Waals surface area contributed by atoms with Gasteiger partial charge in [-0.05, 0) is 19.4 Å². The van der Waals surface area contributed by atoms with Gasteiger partial charge in [-0.25, -0.2) is 0 Å². The van der Waals surface area contributed by atoms with Crippen LogP contribution in [0.25, 0.3) is 0 Å². The molecule has 13 heavy (non-hydrogen) atoms. The number of aromatic hydroxyl groups is 1. The van der Waals surface area contributed by atoms with Gasteiger partial charge in [0, 0.05) is 10.4 Å². The lowest BCUT2D eigenvalue weighted by Gasteiger charge is -2.13. The molecule has 0 aliphatic carbocycles. The van der Waals surface area contributed by atoms with Crippen LogP contribution >= 0.6 is 15.9 Å². The topological polar surface area (TPSA) is 40.5 Å². The van der Waals surface area contributed by atoms with Crippen LogP contribution in [0.3, 0.4) is 0 Å². The lowest BCUT2D eigenvalue weighted by molar-refractivity contribution is 0.184. The molecule has 2 N–H and O–H groups in total. The Morgan fingerprint density at radius 3 is 2.54 bits per heavy atom. The molecule has 0 aliphatic rings. The number of aliphatic hydroxyl groups excluding tert-OH is 1. The van der Waals surface area contributed by atoms with Crippen LogP contribution in [-0.2, 0) is 0 Å². The molecule has 3 heteroatoms. The summed E-state index contributed by atoms with van der Waals surface area (Å²) in [4.78, 5) is 0.00806. The van der Waals surface area contributed by atoms with E-state index in [0.29, 0.717) is 6.42 Å². The Hall–Kier alpha value is -0.540. The van der Waals surface area contributed by atoms with Crippen molar-refractivity contribution in [3.8, 4) is 5.75 Å². The molecular formula is C10H13BrO2. The molecule has 0 amide bonds. The van der Waals surface area contributed by atoms with E-state index in [0.717, 1.165) is 5.56 Å². The van der Waals surface area contributed by atoms with Crippen LogP contribution in [0.1, 0.15) is 23.7 Å². The number of alkyl halides is 1. The summed E-state index contributed by atoms with van der Waals surface area (Å²) in [5, 5.41) is 18.6. The van der Waals surface area contributed by atoms with Crippen molar-refractivity contribution in [3.05, 3.63) is 29.8 Å². The number of hydrogen-bond acceptors (Lipinski definition) is 2. The average molecular weight is 245 g/mol. The monoisotopic (exact) mass is 244 g/mol. The number of aliphatic hydroxyl groups is 1. The van der Waals surface area contributed by atoms with Crippen LogP contribution < -0.4 is 0 Å². The minimum Gasteiger partial charge on any atom is -0.508 e. The second-order valence-corrected chi connectivity index (χ2v) is 4.22.